The number of ether oxygens (including phenoxy) is 1. The second-order valence-corrected chi connectivity index (χ2v) is 10.9. The van der Waals surface area contributed by atoms with Crippen LogP contribution < -0.4 is 13.8 Å². The standard InChI is InChI=1S/C23H15Cl2NO5S3/c1-30-20-11-14(7-10-19(20)31-34(28,29)16-5-3-2-4-6-16)12-21-22(27)26(23(32)33-21)18-9-8-15(24)13-17(18)25/h2-13H,1H3/b21-12+. The lowest BCUT2D eigenvalue weighted by Crippen LogP contribution is -2.27. The Hall–Kier alpha value is -2.56. The lowest BCUT2D eigenvalue weighted by atomic mass is 10.2. The van der Waals surface area contributed by atoms with Crippen molar-refractivity contribution >= 4 is 79.3 Å². The van der Waals surface area contributed by atoms with Gasteiger partial charge in [-0.05, 0) is 54.1 Å². The van der Waals surface area contributed by atoms with Crippen molar-refractivity contribution in [1.82, 2.24) is 0 Å². The topological polar surface area (TPSA) is 72.9 Å². The van der Waals surface area contributed by atoms with Gasteiger partial charge in [0, 0.05) is 5.02 Å². The third-order valence-electron chi connectivity index (χ3n) is 4.66. The van der Waals surface area contributed by atoms with Crippen LogP contribution in [-0.4, -0.2) is 25.8 Å². The molecular formula is C23H15Cl2NO5S3. The molecule has 3 aromatic rings. The Morgan fingerprint density at radius 3 is 2.41 bits per heavy atom. The first-order valence-electron chi connectivity index (χ1n) is 9.60. The van der Waals surface area contributed by atoms with Crippen LogP contribution in [-0.2, 0) is 14.9 Å². The third-order valence-corrected chi connectivity index (χ3v) is 7.75. The smallest absolute Gasteiger partial charge is 0.339 e. The zero-order valence-electron chi connectivity index (χ0n) is 17.4. The summed E-state index contributed by atoms with van der Waals surface area (Å²) in [5.41, 5.74) is 1.02. The van der Waals surface area contributed by atoms with Crippen LogP contribution in [0.15, 0.2) is 76.5 Å². The molecule has 1 aliphatic rings. The number of hydrogen-bond acceptors (Lipinski definition) is 7. The molecule has 3 aromatic carbocycles. The van der Waals surface area contributed by atoms with Crippen molar-refractivity contribution in [1.29, 1.82) is 0 Å². The van der Waals surface area contributed by atoms with Crippen LogP contribution in [0.3, 0.4) is 0 Å². The normalized spacial score (nSPS) is 15.1. The molecule has 4 rings (SSSR count). The van der Waals surface area contributed by atoms with Crippen molar-refractivity contribution in [2.45, 2.75) is 4.90 Å². The highest BCUT2D eigenvalue weighted by atomic mass is 35.5. The highest BCUT2D eigenvalue weighted by Crippen LogP contribution is 2.40. The molecule has 1 aliphatic heterocycles. The van der Waals surface area contributed by atoms with Gasteiger partial charge in [0.1, 0.15) is 4.90 Å². The van der Waals surface area contributed by atoms with E-state index in [1.54, 1.807) is 48.5 Å². The maximum absolute atomic E-state index is 13.0. The summed E-state index contributed by atoms with van der Waals surface area (Å²) in [5.74, 6) is -0.140. The molecule has 0 bridgehead atoms. The fourth-order valence-electron chi connectivity index (χ4n) is 3.09. The monoisotopic (exact) mass is 551 g/mol. The number of nitrogens with zero attached hydrogens (tertiary/aromatic N) is 1. The van der Waals surface area contributed by atoms with Gasteiger partial charge in [-0.3, -0.25) is 9.69 Å². The molecule has 0 radical (unpaired) electrons. The van der Waals surface area contributed by atoms with Gasteiger partial charge in [0.2, 0.25) is 0 Å². The molecule has 34 heavy (non-hydrogen) atoms. The fourth-order valence-corrected chi connectivity index (χ4v) is 5.82. The van der Waals surface area contributed by atoms with Crippen LogP contribution in [0.4, 0.5) is 5.69 Å². The number of carbonyl (C=O) groups is 1. The highest BCUT2D eigenvalue weighted by molar-refractivity contribution is 8.27. The Kier molecular flexibility index (Phi) is 7.20. The molecule has 0 atom stereocenters. The lowest BCUT2D eigenvalue weighted by molar-refractivity contribution is -0.113. The van der Waals surface area contributed by atoms with E-state index in [-0.39, 0.29) is 22.3 Å². The van der Waals surface area contributed by atoms with E-state index in [2.05, 4.69) is 0 Å². The molecule has 11 heteroatoms. The first-order chi connectivity index (χ1) is 16.2. The minimum atomic E-state index is -4.04. The summed E-state index contributed by atoms with van der Waals surface area (Å²) in [6.07, 6.45) is 1.63. The summed E-state index contributed by atoms with van der Waals surface area (Å²) in [7, 11) is -2.65. The van der Waals surface area contributed by atoms with Crippen LogP contribution in [0, 0.1) is 0 Å². The molecule has 0 N–H and O–H groups in total. The highest BCUT2D eigenvalue weighted by Gasteiger charge is 2.34. The number of benzene rings is 3. The fraction of sp³-hybridized carbons (Fsp3) is 0.0435. The lowest BCUT2D eigenvalue weighted by Gasteiger charge is -2.16. The van der Waals surface area contributed by atoms with E-state index >= 15 is 0 Å². The molecular weight excluding hydrogens is 537 g/mol. The molecule has 1 amide bonds. The Balaban J connectivity index is 1.61. The third kappa shape index (κ3) is 5.08. The first-order valence-corrected chi connectivity index (χ1v) is 13.0. The van der Waals surface area contributed by atoms with E-state index in [1.165, 1.54) is 36.3 Å². The van der Waals surface area contributed by atoms with Crippen LogP contribution in [0.1, 0.15) is 5.56 Å². The predicted octanol–water partition coefficient (Wildman–Crippen LogP) is 6.18. The second-order valence-electron chi connectivity index (χ2n) is 6.87. The predicted molar refractivity (Wildman–Crippen MR) is 139 cm³/mol. The van der Waals surface area contributed by atoms with Crippen LogP contribution >= 0.6 is 47.2 Å². The molecule has 1 heterocycles. The molecule has 0 unspecified atom stereocenters. The molecule has 174 valence electrons. The van der Waals surface area contributed by atoms with Crippen LogP contribution in [0.2, 0.25) is 10.0 Å². The number of hydrogen-bond donors (Lipinski definition) is 0. The van der Waals surface area contributed by atoms with E-state index in [4.69, 9.17) is 44.3 Å². The van der Waals surface area contributed by atoms with Crippen molar-refractivity contribution in [2.24, 2.45) is 0 Å². The van der Waals surface area contributed by atoms with Gasteiger partial charge in [-0.1, -0.05) is 71.4 Å². The number of halogens is 2. The molecule has 0 aliphatic carbocycles. The second kappa shape index (κ2) is 9.97. The Morgan fingerprint density at radius 1 is 1.00 bits per heavy atom. The van der Waals surface area contributed by atoms with Crippen LogP contribution in [0.25, 0.3) is 6.08 Å². The molecule has 0 aromatic heterocycles. The average molecular weight is 552 g/mol. The Morgan fingerprint density at radius 2 is 1.74 bits per heavy atom. The number of amides is 1. The number of carbonyl (C=O) groups excluding carboxylic acids is 1. The SMILES string of the molecule is COc1cc(/C=C2/SC(=S)N(c3ccc(Cl)cc3Cl)C2=O)ccc1OS(=O)(=O)c1ccccc1. The van der Waals surface area contributed by atoms with Gasteiger partial charge in [-0.2, -0.15) is 8.42 Å². The number of thiocarbonyl (C=S) groups is 1. The number of rotatable bonds is 6. The summed E-state index contributed by atoms with van der Waals surface area (Å²) < 4.78 is 36.0. The zero-order chi connectivity index (χ0) is 24.5. The van der Waals surface area contributed by atoms with Crippen LogP contribution in [0.5, 0.6) is 11.5 Å². The molecule has 6 nitrogen and oxygen atoms in total. The van der Waals surface area contributed by atoms with Gasteiger partial charge in [0.05, 0.1) is 22.7 Å². The summed E-state index contributed by atoms with van der Waals surface area (Å²) in [6, 6.07) is 17.2. The summed E-state index contributed by atoms with van der Waals surface area (Å²) in [6.45, 7) is 0. The molecule has 0 saturated carbocycles. The van der Waals surface area contributed by atoms with Gasteiger partial charge in [0.25, 0.3) is 5.91 Å². The number of methoxy groups -OCH3 is 1. The van der Waals surface area contributed by atoms with Gasteiger partial charge >= 0.3 is 10.1 Å². The molecule has 1 saturated heterocycles. The van der Waals surface area contributed by atoms with Gasteiger partial charge in [-0.15, -0.1) is 0 Å². The van der Waals surface area contributed by atoms with Gasteiger partial charge in [-0.25, -0.2) is 0 Å². The molecule has 0 spiro atoms. The van der Waals surface area contributed by atoms with Crippen molar-refractivity contribution in [3.8, 4) is 11.5 Å². The maximum atomic E-state index is 13.0. The van der Waals surface area contributed by atoms with Crippen molar-refractivity contribution in [2.75, 3.05) is 12.0 Å². The van der Waals surface area contributed by atoms with E-state index in [0.717, 1.165) is 11.8 Å². The first kappa shape index (κ1) is 24.6. The average Bonchev–Trinajstić information content (AvgIpc) is 3.08. The van der Waals surface area contributed by atoms with Gasteiger partial charge in [0.15, 0.2) is 15.8 Å². The largest absolute Gasteiger partial charge is 0.493 e. The van der Waals surface area contributed by atoms with E-state index < -0.39 is 10.1 Å². The number of anilines is 1. The Labute approximate surface area is 216 Å². The van der Waals surface area contributed by atoms with Gasteiger partial charge < -0.3 is 8.92 Å². The quantitative estimate of drug-likeness (QED) is 0.206. The summed E-state index contributed by atoms with van der Waals surface area (Å²) in [5, 5.41) is 0.742. The number of thioether (sulfide) groups is 1. The summed E-state index contributed by atoms with van der Waals surface area (Å²) >= 11 is 18.7. The van der Waals surface area contributed by atoms with Crippen molar-refractivity contribution in [3.05, 3.63) is 87.2 Å². The Bertz CT molecular complexity index is 1430. The van der Waals surface area contributed by atoms with Crippen molar-refractivity contribution in [3.63, 3.8) is 0 Å². The maximum Gasteiger partial charge on any atom is 0.339 e. The van der Waals surface area contributed by atoms with E-state index in [0.29, 0.717) is 30.5 Å². The van der Waals surface area contributed by atoms with Crippen molar-refractivity contribution < 1.29 is 22.1 Å². The minimum Gasteiger partial charge on any atom is -0.493 e. The van der Waals surface area contributed by atoms with E-state index in [1.807, 2.05) is 0 Å². The summed E-state index contributed by atoms with van der Waals surface area (Å²) in [4.78, 5) is 14.8. The molecule has 1 fully saturated rings. The minimum absolute atomic E-state index is 0.0176. The zero-order valence-corrected chi connectivity index (χ0v) is 21.4. The van der Waals surface area contributed by atoms with E-state index in [9.17, 15) is 13.2 Å².